The van der Waals surface area contributed by atoms with Crippen molar-refractivity contribution in [1.82, 2.24) is 15.2 Å². The van der Waals surface area contributed by atoms with Gasteiger partial charge in [0.05, 0.1) is 38.6 Å². The maximum atomic E-state index is 12.7. The molecule has 2 aliphatic heterocycles. The number of aliphatic hydroxyl groups excluding tert-OH is 1. The third-order valence-corrected chi connectivity index (χ3v) is 9.75. The van der Waals surface area contributed by atoms with Crippen LogP contribution in [-0.2, 0) is 35.6 Å². The van der Waals surface area contributed by atoms with Gasteiger partial charge < -0.3 is 29.4 Å². The van der Waals surface area contributed by atoms with Crippen LogP contribution < -0.4 is 14.8 Å². The third kappa shape index (κ3) is 7.97. The van der Waals surface area contributed by atoms with Gasteiger partial charge in [0.25, 0.3) is 5.91 Å². The summed E-state index contributed by atoms with van der Waals surface area (Å²) >= 11 is 0. The summed E-state index contributed by atoms with van der Waals surface area (Å²) in [6.45, 7) is 2.86. The molecule has 7 rings (SSSR count). The number of pyridine rings is 1. The molecule has 51 heavy (non-hydrogen) atoms. The molecule has 4 aromatic carbocycles. The molecule has 0 aliphatic carbocycles. The summed E-state index contributed by atoms with van der Waals surface area (Å²) in [5.41, 5.74) is 9.00. The standard InChI is InChI=1S/C42H43N3O6/c1-48-39-20-32-17-19-45(25-35(32)21-40(39)49-2)26-36-22-38(30-11-9-28(27-46)10-12-30)51-42(50-36)31-15-13-29(14-16-31)37-8-4-3-6-33(37)24-44-41(47)34-7-5-18-43-23-34/h3-16,18,20-21,23,36,38,42,46H,17,19,22,24-27H2,1-2H3,(H,44,47). The Balaban J connectivity index is 1.09. The van der Waals surface area contributed by atoms with Gasteiger partial charge in [0.2, 0.25) is 0 Å². The second-order valence-corrected chi connectivity index (χ2v) is 13.0. The molecular weight excluding hydrogens is 642 g/mol. The van der Waals surface area contributed by atoms with E-state index in [9.17, 15) is 9.90 Å². The van der Waals surface area contributed by atoms with E-state index in [0.717, 1.165) is 70.9 Å². The molecule has 0 bridgehead atoms. The van der Waals surface area contributed by atoms with Crippen molar-refractivity contribution in [3.63, 3.8) is 0 Å². The molecule has 1 fully saturated rings. The number of nitrogens with one attached hydrogen (secondary N) is 1. The van der Waals surface area contributed by atoms with Crippen LogP contribution in [0.25, 0.3) is 11.1 Å². The molecule has 3 unspecified atom stereocenters. The van der Waals surface area contributed by atoms with Gasteiger partial charge in [-0.1, -0.05) is 72.8 Å². The first-order valence-electron chi connectivity index (χ1n) is 17.3. The third-order valence-electron chi connectivity index (χ3n) is 9.75. The van der Waals surface area contributed by atoms with E-state index < -0.39 is 6.29 Å². The molecule has 3 atom stereocenters. The minimum Gasteiger partial charge on any atom is -0.493 e. The van der Waals surface area contributed by atoms with E-state index in [-0.39, 0.29) is 24.7 Å². The maximum absolute atomic E-state index is 12.7. The van der Waals surface area contributed by atoms with Crippen molar-refractivity contribution >= 4 is 5.91 Å². The van der Waals surface area contributed by atoms with Crippen molar-refractivity contribution in [2.24, 2.45) is 0 Å². The fraction of sp³-hybridized carbons (Fsp3) is 0.286. The minimum absolute atomic E-state index is 0.000384. The van der Waals surface area contributed by atoms with Gasteiger partial charge in [-0.15, -0.1) is 0 Å². The topological polar surface area (TPSA) is 102 Å². The molecule has 0 saturated carbocycles. The van der Waals surface area contributed by atoms with Gasteiger partial charge in [0.1, 0.15) is 0 Å². The van der Waals surface area contributed by atoms with Gasteiger partial charge in [0.15, 0.2) is 17.8 Å². The number of hydrogen-bond donors (Lipinski definition) is 2. The van der Waals surface area contributed by atoms with Gasteiger partial charge in [0, 0.05) is 50.6 Å². The number of carbonyl (C=O) groups excluding carboxylic acids is 1. The number of rotatable bonds is 11. The van der Waals surface area contributed by atoms with Crippen LogP contribution in [0.2, 0.25) is 0 Å². The average molecular weight is 686 g/mol. The Morgan fingerprint density at radius 1 is 0.902 bits per heavy atom. The van der Waals surface area contributed by atoms with E-state index in [2.05, 4.69) is 57.7 Å². The lowest BCUT2D eigenvalue weighted by molar-refractivity contribution is -0.253. The van der Waals surface area contributed by atoms with Crippen LogP contribution in [0.1, 0.15) is 62.6 Å². The number of fused-ring (bicyclic) bond motifs is 1. The van der Waals surface area contributed by atoms with Crippen LogP contribution in [0.15, 0.2) is 109 Å². The zero-order chi connectivity index (χ0) is 35.2. The number of nitrogens with zero attached hydrogens (tertiary/aromatic N) is 2. The molecule has 1 amide bonds. The average Bonchev–Trinajstić information content (AvgIpc) is 3.19. The zero-order valence-electron chi connectivity index (χ0n) is 29.0. The number of methoxy groups -OCH3 is 2. The summed E-state index contributed by atoms with van der Waals surface area (Å²) in [5, 5.41) is 12.6. The molecule has 2 N–H and O–H groups in total. The van der Waals surface area contributed by atoms with Crippen molar-refractivity contribution in [2.75, 3.05) is 27.3 Å². The molecule has 1 saturated heterocycles. The summed E-state index contributed by atoms with van der Waals surface area (Å²) in [6, 6.07) is 32.1. The summed E-state index contributed by atoms with van der Waals surface area (Å²) in [6.07, 6.45) is 4.04. The summed E-state index contributed by atoms with van der Waals surface area (Å²) in [4.78, 5) is 19.2. The van der Waals surface area contributed by atoms with Crippen LogP contribution in [0, 0.1) is 0 Å². The first-order valence-corrected chi connectivity index (χ1v) is 17.3. The predicted octanol–water partition coefficient (Wildman–Crippen LogP) is 6.79. The Bertz CT molecular complexity index is 1930. The van der Waals surface area contributed by atoms with Crippen LogP contribution in [0.5, 0.6) is 11.5 Å². The highest BCUT2D eigenvalue weighted by atomic mass is 16.7. The minimum atomic E-state index is -0.559. The summed E-state index contributed by atoms with van der Waals surface area (Å²) in [5.74, 6) is 1.34. The molecule has 0 spiro atoms. The van der Waals surface area contributed by atoms with Gasteiger partial charge >= 0.3 is 0 Å². The van der Waals surface area contributed by atoms with Gasteiger partial charge in [-0.25, -0.2) is 0 Å². The van der Waals surface area contributed by atoms with Crippen LogP contribution in [0.4, 0.5) is 0 Å². The lowest BCUT2D eigenvalue weighted by Crippen LogP contribution is -2.41. The highest BCUT2D eigenvalue weighted by Gasteiger charge is 2.34. The zero-order valence-corrected chi connectivity index (χ0v) is 29.0. The number of ether oxygens (including phenoxy) is 4. The maximum Gasteiger partial charge on any atom is 0.253 e. The van der Waals surface area contributed by atoms with Crippen molar-refractivity contribution in [3.05, 3.63) is 148 Å². The fourth-order valence-electron chi connectivity index (χ4n) is 6.97. The lowest BCUT2D eigenvalue weighted by Gasteiger charge is -2.39. The number of amides is 1. The van der Waals surface area contributed by atoms with Crippen molar-refractivity contribution in [3.8, 4) is 22.6 Å². The smallest absolute Gasteiger partial charge is 0.253 e. The number of hydrogen-bond acceptors (Lipinski definition) is 8. The normalized spacial score (nSPS) is 18.8. The Morgan fingerprint density at radius 2 is 1.65 bits per heavy atom. The van der Waals surface area contributed by atoms with Gasteiger partial charge in [-0.2, -0.15) is 0 Å². The van der Waals surface area contributed by atoms with Crippen molar-refractivity contribution < 1.29 is 28.8 Å². The molecule has 5 aromatic rings. The second-order valence-electron chi connectivity index (χ2n) is 13.0. The summed E-state index contributed by atoms with van der Waals surface area (Å²) in [7, 11) is 3.34. The molecule has 0 radical (unpaired) electrons. The number of carbonyl (C=O) groups is 1. The Labute approximate surface area is 298 Å². The Kier molecular flexibility index (Phi) is 10.7. The molecule has 1 aromatic heterocycles. The van der Waals surface area contributed by atoms with E-state index in [1.165, 1.54) is 11.1 Å². The molecular formula is C42H43N3O6. The lowest BCUT2D eigenvalue weighted by atomic mass is 9.96. The number of aliphatic hydroxyl groups is 1. The van der Waals surface area contributed by atoms with Crippen molar-refractivity contribution in [2.45, 2.75) is 51.0 Å². The predicted molar refractivity (Wildman–Crippen MR) is 194 cm³/mol. The highest BCUT2D eigenvalue weighted by molar-refractivity contribution is 5.93. The SMILES string of the molecule is COc1cc2c(cc1OC)CN(CC1CC(c3ccc(CO)cc3)OC(c3ccc(-c4ccccc4CNC(=O)c4cccnc4)cc3)O1)CC2. The molecule has 262 valence electrons. The van der Waals surface area contributed by atoms with Crippen LogP contribution >= 0.6 is 0 Å². The van der Waals surface area contributed by atoms with Crippen molar-refractivity contribution in [1.29, 1.82) is 0 Å². The Morgan fingerprint density at radius 3 is 2.37 bits per heavy atom. The van der Waals surface area contributed by atoms with Gasteiger partial charge in [-0.05, 0) is 69.6 Å². The van der Waals surface area contributed by atoms with E-state index in [0.29, 0.717) is 18.5 Å². The first-order chi connectivity index (χ1) is 25.0. The summed E-state index contributed by atoms with van der Waals surface area (Å²) < 4.78 is 24.5. The van der Waals surface area contributed by atoms with E-state index >= 15 is 0 Å². The molecule has 3 heterocycles. The monoisotopic (exact) mass is 685 g/mol. The molecule has 2 aliphatic rings. The Hall–Kier alpha value is -5.06. The molecule has 9 heteroatoms. The van der Waals surface area contributed by atoms with E-state index in [1.807, 2.05) is 42.5 Å². The number of aromatic nitrogens is 1. The largest absolute Gasteiger partial charge is 0.493 e. The van der Waals surface area contributed by atoms with Crippen LogP contribution in [0.3, 0.4) is 0 Å². The van der Waals surface area contributed by atoms with Crippen LogP contribution in [-0.4, -0.2) is 54.3 Å². The first kappa shape index (κ1) is 34.4. The highest BCUT2D eigenvalue weighted by Crippen LogP contribution is 2.40. The van der Waals surface area contributed by atoms with E-state index in [4.69, 9.17) is 18.9 Å². The second kappa shape index (κ2) is 15.9. The molecule has 9 nitrogen and oxygen atoms in total. The van der Waals surface area contributed by atoms with E-state index in [1.54, 1.807) is 38.7 Å². The number of benzene rings is 4. The van der Waals surface area contributed by atoms with Gasteiger partial charge in [-0.3, -0.25) is 14.7 Å². The fourth-order valence-corrected chi connectivity index (χ4v) is 6.97. The quantitative estimate of drug-likeness (QED) is 0.157.